The SMILES string of the molecule is CCN(CC)CCCN(C)C(=O)C1CCN(CC)CC1. The largest absolute Gasteiger partial charge is 0.345 e. The first-order valence-electron chi connectivity index (χ1n) is 8.32. The number of hydrogen-bond donors (Lipinski definition) is 0. The van der Waals surface area contributed by atoms with Crippen LogP contribution in [0.4, 0.5) is 0 Å². The summed E-state index contributed by atoms with van der Waals surface area (Å²) >= 11 is 0. The van der Waals surface area contributed by atoms with Gasteiger partial charge in [0.2, 0.25) is 5.91 Å². The second-order valence-electron chi connectivity index (χ2n) is 5.85. The van der Waals surface area contributed by atoms with Crippen molar-refractivity contribution in [3.63, 3.8) is 0 Å². The molecule has 1 fully saturated rings. The number of carbonyl (C=O) groups is 1. The molecular formula is C16H33N3O. The van der Waals surface area contributed by atoms with E-state index in [1.165, 1.54) is 0 Å². The third-order valence-electron chi connectivity index (χ3n) is 4.62. The number of piperidine rings is 1. The van der Waals surface area contributed by atoms with Gasteiger partial charge < -0.3 is 14.7 Å². The molecule has 0 unspecified atom stereocenters. The Labute approximate surface area is 125 Å². The summed E-state index contributed by atoms with van der Waals surface area (Å²) in [6.07, 6.45) is 3.15. The summed E-state index contributed by atoms with van der Waals surface area (Å²) in [4.78, 5) is 19.2. The molecule has 0 bridgehead atoms. The summed E-state index contributed by atoms with van der Waals surface area (Å²) in [7, 11) is 1.97. The van der Waals surface area contributed by atoms with Crippen molar-refractivity contribution in [2.45, 2.75) is 40.0 Å². The summed E-state index contributed by atoms with van der Waals surface area (Å²) in [5.41, 5.74) is 0. The molecule has 1 heterocycles. The van der Waals surface area contributed by atoms with Crippen molar-refractivity contribution in [3.05, 3.63) is 0 Å². The Morgan fingerprint density at radius 1 is 1.10 bits per heavy atom. The standard InChI is InChI=1S/C16H33N3O/c1-5-18(6-2)12-8-11-17(4)16(20)15-9-13-19(7-3)14-10-15/h15H,5-14H2,1-4H3. The van der Waals surface area contributed by atoms with Crippen molar-refractivity contribution in [2.24, 2.45) is 5.92 Å². The van der Waals surface area contributed by atoms with Gasteiger partial charge in [-0.15, -0.1) is 0 Å². The van der Waals surface area contributed by atoms with Crippen LogP contribution in [-0.4, -0.2) is 73.5 Å². The van der Waals surface area contributed by atoms with Gasteiger partial charge in [0.1, 0.15) is 0 Å². The minimum absolute atomic E-state index is 0.260. The van der Waals surface area contributed by atoms with E-state index in [0.29, 0.717) is 5.91 Å². The van der Waals surface area contributed by atoms with Gasteiger partial charge in [0, 0.05) is 19.5 Å². The van der Waals surface area contributed by atoms with Gasteiger partial charge in [0.25, 0.3) is 0 Å². The van der Waals surface area contributed by atoms with E-state index in [-0.39, 0.29) is 5.92 Å². The number of hydrogen-bond acceptors (Lipinski definition) is 3. The van der Waals surface area contributed by atoms with Crippen LogP contribution in [-0.2, 0) is 4.79 Å². The lowest BCUT2D eigenvalue weighted by Gasteiger charge is -2.32. The van der Waals surface area contributed by atoms with Crippen LogP contribution in [0.1, 0.15) is 40.0 Å². The molecule has 1 aliphatic rings. The number of carbonyl (C=O) groups excluding carboxylic acids is 1. The molecule has 0 radical (unpaired) electrons. The third-order valence-corrected chi connectivity index (χ3v) is 4.62. The Kier molecular flexibility index (Phi) is 8.15. The smallest absolute Gasteiger partial charge is 0.225 e. The lowest BCUT2D eigenvalue weighted by Crippen LogP contribution is -2.41. The second-order valence-corrected chi connectivity index (χ2v) is 5.85. The fourth-order valence-electron chi connectivity index (χ4n) is 2.99. The van der Waals surface area contributed by atoms with Gasteiger partial charge in [-0.2, -0.15) is 0 Å². The lowest BCUT2D eigenvalue weighted by atomic mass is 9.95. The summed E-state index contributed by atoms with van der Waals surface area (Å²) in [5.74, 6) is 0.622. The molecule has 118 valence electrons. The zero-order valence-electron chi connectivity index (χ0n) is 13.9. The normalized spacial score (nSPS) is 17.6. The Bertz CT molecular complexity index is 271. The second kappa shape index (κ2) is 9.35. The highest BCUT2D eigenvalue weighted by atomic mass is 16.2. The molecule has 4 heteroatoms. The van der Waals surface area contributed by atoms with Crippen LogP contribution in [0, 0.1) is 5.92 Å². The van der Waals surface area contributed by atoms with Crippen molar-refractivity contribution in [3.8, 4) is 0 Å². The zero-order chi connectivity index (χ0) is 15.0. The highest BCUT2D eigenvalue weighted by Gasteiger charge is 2.26. The molecule has 0 aromatic heterocycles. The van der Waals surface area contributed by atoms with E-state index in [0.717, 1.165) is 65.1 Å². The average Bonchev–Trinajstić information content (AvgIpc) is 2.50. The summed E-state index contributed by atoms with van der Waals surface area (Å²) < 4.78 is 0. The topological polar surface area (TPSA) is 26.8 Å². The van der Waals surface area contributed by atoms with Crippen molar-refractivity contribution < 1.29 is 4.79 Å². The van der Waals surface area contributed by atoms with Crippen LogP contribution in [0.3, 0.4) is 0 Å². The van der Waals surface area contributed by atoms with Crippen molar-refractivity contribution in [1.29, 1.82) is 0 Å². The van der Waals surface area contributed by atoms with E-state index in [9.17, 15) is 4.79 Å². The quantitative estimate of drug-likeness (QED) is 0.681. The van der Waals surface area contributed by atoms with Crippen LogP contribution >= 0.6 is 0 Å². The van der Waals surface area contributed by atoms with E-state index >= 15 is 0 Å². The molecule has 0 aliphatic carbocycles. The van der Waals surface area contributed by atoms with Crippen molar-refractivity contribution >= 4 is 5.91 Å². The lowest BCUT2D eigenvalue weighted by molar-refractivity contribution is -0.135. The minimum Gasteiger partial charge on any atom is -0.345 e. The Hall–Kier alpha value is -0.610. The number of nitrogens with zero attached hydrogens (tertiary/aromatic N) is 3. The highest BCUT2D eigenvalue weighted by molar-refractivity contribution is 5.78. The van der Waals surface area contributed by atoms with Crippen molar-refractivity contribution in [2.75, 3.05) is 52.9 Å². The van der Waals surface area contributed by atoms with Gasteiger partial charge in [0.05, 0.1) is 0 Å². The first-order valence-corrected chi connectivity index (χ1v) is 8.32. The molecule has 0 atom stereocenters. The molecule has 4 nitrogen and oxygen atoms in total. The van der Waals surface area contributed by atoms with Gasteiger partial charge in [-0.1, -0.05) is 20.8 Å². The van der Waals surface area contributed by atoms with Crippen LogP contribution in [0.2, 0.25) is 0 Å². The monoisotopic (exact) mass is 283 g/mol. The molecule has 0 spiro atoms. The van der Waals surface area contributed by atoms with E-state index in [1.54, 1.807) is 0 Å². The van der Waals surface area contributed by atoms with Gasteiger partial charge in [-0.05, 0) is 58.5 Å². The molecule has 1 saturated heterocycles. The van der Waals surface area contributed by atoms with Gasteiger partial charge in [-0.3, -0.25) is 4.79 Å². The molecule has 1 rings (SSSR count). The van der Waals surface area contributed by atoms with Gasteiger partial charge >= 0.3 is 0 Å². The first-order chi connectivity index (χ1) is 9.62. The highest BCUT2D eigenvalue weighted by Crippen LogP contribution is 2.19. The number of rotatable bonds is 8. The summed E-state index contributed by atoms with van der Waals surface area (Å²) in [6.45, 7) is 14.1. The number of amides is 1. The maximum atomic E-state index is 12.4. The first kappa shape index (κ1) is 17.4. The fraction of sp³-hybridized carbons (Fsp3) is 0.938. The maximum absolute atomic E-state index is 12.4. The van der Waals surface area contributed by atoms with E-state index in [4.69, 9.17) is 0 Å². The van der Waals surface area contributed by atoms with Crippen LogP contribution in [0.15, 0.2) is 0 Å². The molecule has 0 N–H and O–H groups in total. The molecule has 0 aromatic rings. The minimum atomic E-state index is 0.260. The predicted octanol–water partition coefficient (Wildman–Crippen LogP) is 1.91. The predicted molar refractivity (Wildman–Crippen MR) is 84.9 cm³/mol. The molecule has 0 aromatic carbocycles. The third kappa shape index (κ3) is 5.41. The van der Waals surface area contributed by atoms with E-state index in [1.807, 2.05) is 11.9 Å². The van der Waals surface area contributed by atoms with Gasteiger partial charge in [0.15, 0.2) is 0 Å². The molecule has 0 saturated carbocycles. The van der Waals surface area contributed by atoms with E-state index < -0.39 is 0 Å². The summed E-state index contributed by atoms with van der Waals surface area (Å²) in [5, 5.41) is 0. The Morgan fingerprint density at radius 2 is 1.70 bits per heavy atom. The van der Waals surface area contributed by atoms with Gasteiger partial charge in [-0.25, -0.2) is 0 Å². The van der Waals surface area contributed by atoms with Crippen molar-refractivity contribution in [1.82, 2.24) is 14.7 Å². The molecular weight excluding hydrogens is 250 g/mol. The molecule has 20 heavy (non-hydrogen) atoms. The fourth-order valence-corrected chi connectivity index (χ4v) is 2.99. The van der Waals surface area contributed by atoms with Crippen LogP contribution < -0.4 is 0 Å². The summed E-state index contributed by atoms with van der Waals surface area (Å²) in [6, 6.07) is 0. The molecule has 1 aliphatic heterocycles. The molecule has 1 amide bonds. The van der Waals surface area contributed by atoms with Crippen LogP contribution in [0.5, 0.6) is 0 Å². The Morgan fingerprint density at radius 3 is 2.20 bits per heavy atom. The average molecular weight is 283 g/mol. The van der Waals surface area contributed by atoms with E-state index in [2.05, 4.69) is 30.6 Å². The maximum Gasteiger partial charge on any atom is 0.225 e. The zero-order valence-corrected chi connectivity index (χ0v) is 13.9. The van der Waals surface area contributed by atoms with Crippen LogP contribution in [0.25, 0.3) is 0 Å². The number of likely N-dealkylation sites (tertiary alicyclic amines) is 1. The Balaban J connectivity index is 2.25.